The van der Waals surface area contributed by atoms with Crippen molar-refractivity contribution in [3.05, 3.63) is 45.9 Å². The minimum atomic E-state index is -0.380. The van der Waals surface area contributed by atoms with Crippen LogP contribution in [-0.2, 0) is 0 Å². The van der Waals surface area contributed by atoms with E-state index < -0.39 is 0 Å². The lowest BCUT2D eigenvalue weighted by atomic mass is 10.1. The zero-order chi connectivity index (χ0) is 19.4. The molecule has 1 N–H and O–H groups in total. The van der Waals surface area contributed by atoms with Gasteiger partial charge in [-0.25, -0.2) is 14.3 Å². The zero-order valence-electron chi connectivity index (χ0n) is 16.0. The summed E-state index contributed by atoms with van der Waals surface area (Å²) in [6.45, 7) is 8.15. The second-order valence-corrected chi connectivity index (χ2v) is 8.68. The Kier molecular flexibility index (Phi) is 3.99. The number of fused-ring (bicyclic) bond motifs is 2. The Bertz CT molecular complexity index is 1200. The fourth-order valence-corrected chi connectivity index (χ4v) is 4.67. The van der Waals surface area contributed by atoms with Crippen LogP contribution in [-0.4, -0.2) is 39.8 Å². The molecule has 1 aliphatic rings. The molecule has 144 valence electrons. The quantitative estimate of drug-likeness (QED) is 0.526. The Morgan fingerprint density at radius 2 is 2.00 bits per heavy atom. The number of benzene rings is 1. The number of anilines is 1. The van der Waals surface area contributed by atoms with Gasteiger partial charge < -0.3 is 14.6 Å². The molecule has 0 spiro atoms. The number of hydrogen-bond donors (Lipinski definition) is 1. The second-order valence-electron chi connectivity index (χ2n) is 7.52. The van der Waals surface area contributed by atoms with Gasteiger partial charge >= 0.3 is 5.63 Å². The van der Waals surface area contributed by atoms with Crippen LogP contribution in [0.25, 0.3) is 27.2 Å². The highest BCUT2D eigenvalue weighted by molar-refractivity contribution is 7.16. The summed E-state index contributed by atoms with van der Waals surface area (Å²) in [6, 6.07) is 8.75. The van der Waals surface area contributed by atoms with Crippen LogP contribution in [0.4, 0.5) is 5.69 Å². The van der Waals surface area contributed by atoms with Gasteiger partial charge in [-0.15, -0.1) is 0 Å². The Hall–Kier alpha value is -2.71. The molecule has 1 aromatic carbocycles. The zero-order valence-corrected chi connectivity index (χ0v) is 16.8. The molecule has 0 radical (unpaired) electrons. The Labute approximate surface area is 165 Å². The molecule has 7 nitrogen and oxygen atoms in total. The van der Waals surface area contributed by atoms with E-state index in [0.29, 0.717) is 28.9 Å². The van der Waals surface area contributed by atoms with Crippen molar-refractivity contribution < 1.29 is 4.42 Å². The molecule has 5 rings (SSSR count). The van der Waals surface area contributed by atoms with Crippen LogP contribution in [0.3, 0.4) is 0 Å². The number of piperazine rings is 1. The van der Waals surface area contributed by atoms with Gasteiger partial charge in [0.2, 0.25) is 4.96 Å². The fourth-order valence-electron chi connectivity index (χ4n) is 3.94. The highest BCUT2D eigenvalue weighted by atomic mass is 32.1. The average Bonchev–Trinajstić information content (AvgIpc) is 3.17. The van der Waals surface area contributed by atoms with Crippen LogP contribution in [0.1, 0.15) is 18.9 Å². The first-order valence-corrected chi connectivity index (χ1v) is 10.2. The van der Waals surface area contributed by atoms with Crippen LogP contribution in [0.5, 0.6) is 0 Å². The lowest BCUT2D eigenvalue weighted by Gasteiger charge is -2.37. The molecular formula is C20H21N5O2S. The standard InChI is InChI=1S/C20H21N5O2S/c1-11-8-24(9-12(2)21-11)15-5-4-14-6-16(19(26)27-18(14)7-15)17-10-25-20(22-17)28-13(3)23-25/h4-7,10-12,21H,8-9H2,1-3H3. The molecule has 4 heterocycles. The molecule has 0 saturated carbocycles. The number of imidazole rings is 1. The number of aryl methyl sites for hydroxylation is 1. The first kappa shape index (κ1) is 17.4. The molecule has 8 heteroatoms. The normalized spacial score (nSPS) is 20.3. The van der Waals surface area contributed by atoms with Gasteiger partial charge in [0, 0.05) is 42.3 Å². The monoisotopic (exact) mass is 395 g/mol. The molecule has 2 unspecified atom stereocenters. The molecule has 0 amide bonds. The Morgan fingerprint density at radius 1 is 1.21 bits per heavy atom. The van der Waals surface area contributed by atoms with Crippen LogP contribution >= 0.6 is 11.3 Å². The topological polar surface area (TPSA) is 75.7 Å². The van der Waals surface area contributed by atoms with Gasteiger partial charge in [-0.05, 0) is 39.0 Å². The highest BCUT2D eigenvalue weighted by Gasteiger charge is 2.22. The number of hydrogen-bond acceptors (Lipinski definition) is 7. The summed E-state index contributed by atoms with van der Waals surface area (Å²) in [4.78, 5) is 20.3. The minimum absolute atomic E-state index is 0.380. The fraction of sp³-hybridized carbons (Fsp3) is 0.350. The maximum absolute atomic E-state index is 12.6. The first-order valence-electron chi connectivity index (χ1n) is 9.38. The highest BCUT2D eigenvalue weighted by Crippen LogP contribution is 2.27. The largest absolute Gasteiger partial charge is 0.422 e. The van der Waals surface area contributed by atoms with E-state index in [-0.39, 0.29) is 5.63 Å². The molecule has 1 aliphatic heterocycles. The van der Waals surface area contributed by atoms with Crippen LogP contribution in [0.15, 0.2) is 39.7 Å². The smallest absolute Gasteiger partial charge is 0.345 e. The summed E-state index contributed by atoms with van der Waals surface area (Å²) >= 11 is 1.49. The molecule has 1 fully saturated rings. The van der Waals surface area contributed by atoms with E-state index in [2.05, 4.69) is 40.2 Å². The lowest BCUT2D eigenvalue weighted by Crippen LogP contribution is -2.54. The van der Waals surface area contributed by atoms with Crippen LogP contribution in [0.2, 0.25) is 0 Å². The minimum Gasteiger partial charge on any atom is -0.422 e. The molecular weight excluding hydrogens is 374 g/mol. The first-order chi connectivity index (χ1) is 13.5. The summed E-state index contributed by atoms with van der Waals surface area (Å²) in [5.41, 5.74) is 2.34. The van der Waals surface area contributed by atoms with Gasteiger partial charge in [0.1, 0.15) is 10.6 Å². The molecule has 3 aromatic heterocycles. The Balaban J connectivity index is 1.54. The molecule has 0 bridgehead atoms. The molecule has 4 aromatic rings. The van der Waals surface area contributed by atoms with E-state index in [4.69, 9.17) is 4.42 Å². The summed E-state index contributed by atoms with van der Waals surface area (Å²) < 4.78 is 7.37. The van der Waals surface area contributed by atoms with Gasteiger partial charge in [-0.2, -0.15) is 5.10 Å². The third kappa shape index (κ3) is 2.98. The van der Waals surface area contributed by atoms with Gasteiger partial charge in [0.05, 0.1) is 17.5 Å². The van der Waals surface area contributed by atoms with Crippen molar-refractivity contribution in [1.29, 1.82) is 0 Å². The predicted molar refractivity (Wildman–Crippen MR) is 111 cm³/mol. The van der Waals surface area contributed by atoms with E-state index in [1.54, 1.807) is 10.7 Å². The predicted octanol–water partition coefficient (Wildman–Crippen LogP) is 3.06. The molecule has 28 heavy (non-hydrogen) atoms. The van der Waals surface area contributed by atoms with Crippen molar-refractivity contribution in [1.82, 2.24) is 19.9 Å². The van der Waals surface area contributed by atoms with Gasteiger partial charge in [-0.3, -0.25) is 0 Å². The van der Waals surface area contributed by atoms with E-state index in [0.717, 1.165) is 34.1 Å². The van der Waals surface area contributed by atoms with E-state index >= 15 is 0 Å². The van der Waals surface area contributed by atoms with Gasteiger partial charge in [0.15, 0.2) is 0 Å². The van der Waals surface area contributed by atoms with E-state index in [9.17, 15) is 4.79 Å². The van der Waals surface area contributed by atoms with E-state index in [1.165, 1.54) is 11.3 Å². The third-order valence-corrected chi connectivity index (χ3v) is 5.90. The summed E-state index contributed by atoms with van der Waals surface area (Å²) in [5.74, 6) is 0. The molecule has 0 aliphatic carbocycles. The van der Waals surface area contributed by atoms with Crippen molar-refractivity contribution in [3.8, 4) is 11.3 Å². The van der Waals surface area contributed by atoms with Gasteiger partial charge in [-0.1, -0.05) is 11.3 Å². The third-order valence-electron chi connectivity index (χ3n) is 5.06. The summed E-state index contributed by atoms with van der Waals surface area (Å²) in [6.07, 6.45) is 1.77. The van der Waals surface area contributed by atoms with Crippen molar-refractivity contribution in [3.63, 3.8) is 0 Å². The van der Waals surface area contributed by atoms with Crippen molar-refractivity contribution in [2.24, 2.45) is 0 Å². The number of nitrogens with zero attached hydrogens (tertiary/aromatic N) is 4. The lowest BCUT2D eigenvalue weighted by molar-refractivity contribution is 0.407. The maximum Gasteiger partial charge on any atom is 0.345 e. The number of nitrogens with one attached hydrogen (secondary N) is 1. The van der Waals surface area contributed by atoms with Crippen LogP contribution in [0, 0.1) is 6.92 Å². The summed E-state index contributed by atoms with van der Waals surface area (Å²) in [7, 11) is 0. The second kappa shape index (κ2) is 6.42. The van der Waals surface area contributed by atoms with Crippen molar-refractivity contribution >= 4 is 33.0 Å². The van der Waals surface area contributed by atoms with Crippen molar-refractivity contribution in [2.75, 3.05) is 18.0 Å². The molecule has 2 atom stereocenters. The summed E-state index contributed by atoms with van der Waals surface area (Å²) in [5, 5.41) is 9.71. The Morgan fingerprint density at radius 3 is 2.75 bits per heavy atom. The maximum atomic E-state index is 12.6. The SMILES string of the molecule is Cc1nn2cc(-c3cc4ccc(N5CC(C)NC(C)C5)cc4oc3=O)nc2s1. The van der Waals surface area contributed by atoms with Crippen LogP contribution < -0.4 is 15.8 Å². The number of rotatable bonds is 2. The van der Waals surface area contributed by atoms with E-state index in [1.807, 2.05) is 25.1 Å². The molecule has 1 saturated heterocycles. The van der Waals surface area contributed by atoms with Gasteiger partial charge in [0.25, 0.3) is 0 Å². The number of aromatic nitrogens is 3. The van der Waals surface area contributed by atoms with Crippen molar-refractivity contribution in [2.45, 2.75) is 32.9 Å². The average molecular weight is 395 g/mol.